The van der Waals surface area contributed by atoms with Gasteiger partial charge in [-0.25, -0.2) is 0 Å². The Morgan fingerprint density at radius 2 is 1.76 bits per heavy atom. The van der Waals surface area contributed by atoms with Gasteiger partial charge < -0.3 is 15.3 Å². The lowest BCUT2D eigenvalue weighted by Gasteiger charge is -2.23. The average Bonchev–Trinajstić information content (AvgIpc) is 2.92. The van der Waals surface area contributed by atoms with E-state index in [4.69, 9.17) is 5.11 Å². The van der Waals surface area contributed by atoms with Crippen LogP contribution < -0.4 is 5.32 Å². The van der Waals surface area contributed by atoms with Gasteiger partial charge >= 0.3 is 0 Å². The molecule has 2 N–H and O–H groups in total. The Kier molecular flexibility index (Phi) is 11.0. The zero-order valence-corrected chi connectivity index (χ0v) is 13.8. The lowest BCUT2D eigenvalue weighted by atomic mass is 10.1. The van der Waals surface area contributed by atoms with Crippen molar-refractivity contribution in [1.29, 1.82) is 0 Å². The van der Waals surface area contributed by atoms with Crippen LogP contribution in [0.4, 0.5) is 0 Å². The van der Waals surface area contributed by atoms with Gasteiger partial charge in [0.25, 0.3) is 0 Å². The molecule has 0 aromatic heterocycles. The summed E-state index contributed by atoms with van der Waals surface area (Å²) in [6.45, 7) is 3.19. The minimum absolute atomic E-state index is 0.213. The van der Waals surface area contributed by atoms with Crippen molar-refractivity contribution in [2.24, 2.45) is 0 Å². The van der Waals surface area contributed by atoms with Crippen molar-refractivity contribution in [1.82, 2.24) is 10.2 Å². The normalized spacial score (nSPS) is 17.8. The first-order valence-electron chi connectivity index (χ1n) is 8.82. The highest BCUT2D eigenvalue weighted by molar-refractivity contribution is 4.97. The van der Waals surface area contributed by atoms with Crippen LogP contribution in [0.1, 0.15) is 71.1 Å². The molecule has 3 nitrogen and oxygen atoms in total. The Morgan fingerprint density at radius 1 is 1.05 bits per heavy atom. The highest BCUT2D eigenvalue weighted by Crippen LogP contribution is 2.11. The fraction of sp³-hybridized carbons (Fsp3) is 0.778. The van der Waals surface area contributed by atoms with Crippen LogP contribution in [-0.2, 0) is 0 Å². The highest BCUT2D eigenvalue weighted by Gasteiger charge is 2.15. The molecule has 0 radical (unpaired) electrons. The molecule has 1 atom stereocenters. The van der Waals surface area contributed by atoms with E-state index in [1.165, 1.54) is 57.8 Å². The summed E-state index contributed by atoms with van der Waals surface area (Å²) in [4.78, 5) is 2.15. The monoisotopic (exact) mass is 294 g/mol. The Hall–Kier alpha value is -0.960. The third kappa shape index (κ3) is 8.82. The van der Waals surface area contributed by atoms with E-state index in [0.29, 0.717) is 12.7 Å². The maximum Gasteiger partial charge on any atom is 0.102 e. The fourth-order valence-electron chi connectivity index (χ4n) is 2.74. The second kappa shape index (κ2) is 12.8. The number of allylic oxidation sites excluding steroid dienone is 1. The van der Waals surface area contributed by atoms with Gasteiger partial charge in [-0.3, -0.25) is 0 Å². The number of aliphatic hydroxyl groups is 1. The third-order valence-corrected chi connectivity index (χ3v) is 4.06. The van der Waals surface area contributed by atoms with E-state index in [2.05, 4.69) is 29.3 Å². The number of β-amino-alcohol motifs (C(OH)–C–C–N with tert-alkyl or cyclic N) is 1. The molecule has 1 rings (SSSR count). The SMILES string of the molecule is CCCCCCCCCC/C=C/CC1NC=CN1CCO. The fourth-order valence-corrected chi connectivity index (χ4v) is 2.74. The number of hydrogen-bond donors (Lipinski definition) is 2. The highest BCUT2D eigenvalue weighted by atomic mass is 16.3. The average molecular weight is 294 g/mol. The van der Waals surface area contributed by atoms with Crippen molar-refractivity contribution in [3.8, 4) is 0 Å². The van der Waals surface area contributed by atoms with Gasteiger partial charge in [-0.2, -0.15) is 0 Å². The minimum Gasteiger partial charge on any atom is -0.395 e. The molecule has 0 amide bonds. The summed E-state index contributed by atoms with van der Waals surface area (Å²) in [6, 6.07) is 0. The molecule has 0 aromatic carbocycles. The van der Waals surface area contributed by atoms with E-state index < -0.39 is 0 Å². The molecule has 0 saturated carbocycles. The lowest BCUT2D eigenvalue weighted by molar-refractivity contribution is 0.202. The van der Waals surface area contributed by atoms with E-state index in [9.17, 15) is 0 Å². The first-order valence-corrected chi connectivity index (χ1v) is 8.82. The third-order valence-electron chi connectivity index (χ3n) is 4.06. The van der Waals surface area contributed by atoms with Crippen LogP contribution in [0.5, 0.6) is 0 Å². The maximum absolute atomic E-state index is 8.98. The zero-order chi connectivity index (χ0) is 15.2. The van der Waals surface area contributed by atoms with Crippen molar-refractivity contribution in [3.05, 3.63) is 24.6 Å². The molecule has 0 spiro atoms. The predicted molar refractivity (Wildman–Crippen MR) is 90.8 cm³/mol. The first kappa shape index (κ1) is 18.1. The summed E-state index contributed by atoms with van der Waals surface area (Å²) < 4.78 is 0. The van der Waals surface area contributed by atoms with Crippen LogP contribution in [0.3, 0.4) is 0 Å². The smallest absolute Gasteiger partial charge is 0.102 e. The van der Waals surface area contributed by atoms with E-state index in [0.717, 1.165) is 6.42 Å². The van der Waals surface area contributed by atoms with Crippen molar-refractivity contribution in [2.45, 2.75) is 77.3 Å². The largest absolute Gasteiger partial charge is 0.395 e. The quantitative estimate of drug-likeness (QED) is 0.395. The van der Waals surface area contributed by atoms with Crippen LogP contribution in [0, 0.1) is 0 Å². The molecule has 0 aliphatic carbocycles. The predicted octanol–water partition coefficient (Wildman–Crippen LogP) is 4.16. The molecule has 1 aliphatic rings. The zero-order valence-electron chi connectivity index (χ0n) is 13.8. The molecular weight excluding hydrogens is 260 g/mol. The lowest BCUT2D eigenvalue weighted by Crippen LogP contribution is -2.36. The van der Waals surface area contributed by atoms with Gasteiger partial charge in [-0.15, -0.1) is 0 Å². The summed E-state index contributed by atoms with van der Waals surface area (Å²) in [6.07, 6.45) is 22.2. The van der Waals surface area contributed by atoms with Crippen molar-refractivity contribution < 1.29 is 5.11 Å². The van der Waals surface area contributed by atoms with Gasteiger partial charge in [0.2, 0.25) is 0 Å². The van der Waals surface area contributed by atoms with Crippen LogP contribution in [0.2, 0.25) is 0 Å². The van der Waals surface area contributed by atoms with E-state index in [-0.39, 0.29) is 6.61 Å². The first-order chi connectivity index (χ1) is 10.4. The number of hydrogen-bond acceptors (Lipinski definition) is 3. The van der Waals surface area contributed by atoms with E-state index >= 15 is 0 Å². The Balaban J connectivity index is 1.91. The van der Waals surface area contributed by atoms with Gasteiger partial charge in [-0.05, 0) is 12.8 Å². The molecule has 0 bridgehead atoms. The summed E-state index contributed by atoms with van der Waals surface area (Å²) in [5, 5.41) is 12.3. The minimum atomic E-state index is 0.213. The molecule has 122 valence electrons. The van der Waals surface area contributed by atoms with Crippen LogP contribution in [-0.4, -0.2) is 29.3 Å². The molecule has 0 aromatic rings. The molecule has 0 fully saturated rings. The molecule has 1 unspecified atom stereocenters. The summed E-state index contributed by atoms with van der Waals surface area (Å²) in [5.41, 5.74) is 0. The Bertz CT molecular complexity index is 289. The van der Waals surface area contributed by atoms with Gasteiger partial charge in [0, 0.05) is 25.4 Å². The molecule has 0 saturated heterocycles. The van der Waals surface area contributed by atoms with Crippen molar-refractivity contribution >= 4 is 0 Å². The number of nitrogens with one attached hydrogen (secondary N) is 1. The number of unbranched alkanes of at least 4 members (excludes halogenated alkanes) is 8. The van der Waals surface area contributed by atoms with Gasteiger partial charge in [0.05, 0.1) is 6.61 Å². The second-order valence-electron chi connectivity index (χ2n) is 5.93. The summed E-state index contributed by atoms with van der Waals surface area (Å²) in [7, 11) is 0. The van der Waals surface area contributed by atoms with Gasteiger partial charge in [-0.1, -0.05) is 64.0 Å². The van der Waals surface area contributed by atoms with Crippen LogP contribution in [0.25, 0.3) is 0 Å². The van der Waals surface area contributed by atoms with Crippen LogP contribution >= 0.6 is 0 Å². The van der Waals surface area contributed by atoms with Gasteiger partial charge in [0.15, 0.2) is 0 Å². The molecule has 1 aliphatic heterocycles. The molecule has 1 heterocycles. The van der Waals surface area contributed by atoms with Crippen molar-refractivity contribution in [2.75, 3.05) is 13.2 Å². The summed E-state index contributed by atoms with van der Waals surface area (Å²) >= 11 is 0. The van der Waals surface area contributed by atoms with Gasteiger partial charge in [0.1, 0.15) is 6.17 Å². The van der Waals surface area contributed by atoms with E-state index in [1.807, 2.05) is 12.4 Å². The van der Waals surface area contributed by atoms with E-state index in [1.54, 1.807) is 0 Å². The number of aliphatic hydroxyl groups excluding tert-OH is 1. The molecule has 3 heteroatoms. The Labute approximate surface area is 131 Å². The molecular formula is C18H34N2O. The van der Waals surface area contributed by atoms with Crippen molar-refractivity contribution in [3.63, 3.8) is 0 Å². The molecule has 21 heavy (non-hydrogen) atoms. The maximum atomic E-state index is 8.98. The second-order valence-corrected chi connectivity index (χ2v) is 5.93. The Morgan fingerprint density at radius 3 is 2.48 bits per heavy atom. The topological polar surface area (TPSA) is 35.5 Å². The van der Waals surface area contributed by atoms with Crippen LogP contribution in [0.15, 0.2) is 24.6 Å². The number of nitrogens with zero attached hydrogens (tertiary/aromatic N) is 1. The number of rotatable bonds is 13. The summed E-state index contributed by atoms with van der Waals surface area (Å²) in [5.74, 6) is 0. The standard InChI is InChI=1S/C18H34N2O/c1-2-3-4-5-6-7-8-9-10-11-12-13-18-19-14-15-20(18)16-17-21/h11-12,14-15,18-19,21H,2-10,13,16-17H2,1H3/b12-11+.